The van der Waals surface area contributed by atoms with E-state index >= 15 is 0 Å². The average molecular weight is 386 g/mol. The maximum absolute atomic E-state index is 13.2. The number of carbonyl (C=O) groups excluding carboxylic acids is 1. The van der Waals surface area contributed by atoms with E-state index in [9.17, 15) is 4.79 Å². The lowest BCUT2D eigenvalue weighted by Crippen LogP contribution is -2.44. The first-order valence-corrected chi connectivity index (χ1v) is 10.2. The molecule has 1 saturated heterocycles. The molecule has 5 heteroatoms. The van der Waals surface area contributed by atoms with Crippen LogP contribution in [0.15, 0.2) is 72.9 Å². The Hall–Kier alpha value is -3.21. The van der Waals surface area contributed by atoms with Gasteiger partial charge in [-0.2, -0.15) is 0 Å². The Labute approximate surface area is 171 Å². The molecule has 0 radical (unpaired) electrons. The van der Waals surface area contributed by atoms with Crippen LogP contribution in [0.4, 0.5) is 5.95 Å². The number of rotatable bonds is 5. The van der Waals surface area contributed by atoms with Crippen LogP contribution in [-0.4, -0.2) is 29.0 Å². The standard InChI is InChI=1S/C24H26N4O/c1-18-14-15-25-24(26-18)28-16-8-13-21(17-28)23(29)27-22(19-9-4-2-5-10-19)20-11-6-3-7-12-20/h2-7,9-12,14-15,21-22H,8,13,16-17H2,1H3,(H,27,29)/t21-/m1/s1. The van der Waals surface area contributed by atoms with Crippen molar-refractivity contribution in [2.45, 2.75) is 25.8 Å². The van der Waals surface area contributed by atoms with E-state index in [-0.39, 0.29) is 17.9 Å². The summed E-state index contributed by atoms with van der Waals surface area (Å²) in [6, 6.07) is 22.0. The number of anilines is 1. The lowest BCUT2D eigenvalue weighted by atomic mass is 9.94. The Kier molecular flexibility index (Phi) is 5.84. The molecule has 0 bridgehead atoms. The molecule has 0 saturated carbocycles. The quantitative estimate of drug-likeness (QED) is 0.722. The average Bonchev–Trinajstić information content (AvgIpc) is 2.78. The van der Waals surface area contributed by atoms with Gasteiger partial charge >= 0.3 is 0 Å². The van der Waals surface area contributed by atoms with Crippen molar-refractivity contribution in [3.63, 3.8) is 0 Å². The van der Waals surface area contributed by atoms with Crippen molar-refractivity contribution in [2.24, 2.45) is 5.92 Å². The summed E-state index contributed by atoms with van der Waals surface area (Å²) < 4.78 is 0. The third-order valence-corrected chi connectivity index (χ3v) is 5.41. The molecule has 1 fully saturated rings. The number of nitrogens with one attached hydrogen (secondary N) is 1. The molecule has 1 aliphatic heterocycles. The van der Waals surface area contributed by atoms with Gasteiger partial charge in [0.25, 0.3) is 0 Å². The number of aromatic nitrogens is 2. The highest BCUT2D eigenvalue weighted by atomic mass is 16.2. The summed E-state index contributed by atoms with van der Waals surface area (Å²) in [5, 5.41) is 3.30. The van der Waals surface area contributed by atoms with Gasteiger partial charge < -0.3 is 10.2 Å². The number of aryl methyl sites for hydroxylation is 1. The minimum absolute atomic E-state index is 0.0808. The number of piperidine rings is 1. The van der Waals surface area contributed by atoms with E-state index in [0.717, 1.165) is 36.2 Å². The molecule has 1 N–H and O–H groups in total. The van der Waals surface area contributed by atoms with Crippen molar-refractivity contribution >= 4 is 11.9 Å². The van der Waals surface area contributed by atoms with E-state index in [0.29, 0.717) is 12.5 Å². The zero-order chi connectivity index (χ0) is 20.1. The summed E-state index contributed by atoms with van der Waals surface area (Å²) in [6.45, 7) is 3.49. The van der Waals surface area contributed by atoms with Gasteiger partial charge in [0.05, 0.1) is 12.0 Å². The van der Waals surface area contributed by atoms with Crippen LogP contribution in [0, 0.1) is 12.8 Å². The maximum Gasteiger partial charge on any atom is 0.225 e. The van der Waals surface area contributed by atoms with Crippen molar-refractivity contribution in [1.29, 1.82) is 0 Å². The Morgan fingerprint density at radius 2 is 1.69 bits per heavy atom. The monoisotopic (exact) mass is 386 g/mol. The van der Waals surface area contributed by atoms with E-state index in [2.05, 4.69) is 44.5 Å². The second kappa shape index (κ2) is 8.86. The predicted octanol–water partition coefficient (Wildman–Crippen LogP) is 3.91. The Morgan fingerprint density at radius 3 is 2.31 bits per heavy atom. The van der Waals surface area contributed by atoms with Crippen LogP contribution in [0.5, 0.6) is 0 Å². The topological polar surface area (TPSA) is 58.1 Å². The molecule has 3 aromatic rings. The van der Waals surface area contributed by atoms with Gasteiger partial charge in [-0.1, -0.05) is 60.7 Å². The van der Waals surface area contributed by atoms with Crippen molar-refractivity contribution in [1.82, 2.24) is 15.3 Å². The fraction of sp³-hybridized carbons (Fsp3) is 0.292. The largest absolute Gasteiger partial charge is 0.345 e. The summed E-state index contributed by atoms with van der Waals surface area (Å²) in [4.78, 5) is 24.3. The number of amides is 1. The molecule has 148 valence electrons. The summed E-state index contributed by atoms with van der Waals surface area (Å²) >= 11 is 0. The van der Waals surface area contributed by atoms with Crippen molar-refractivity contribution in [3.8, 4) is 0 Å². The Bertz CT molecular complexity index is 906. The highest BCUT2D eigenvalue weighted by molar-refractivity contribution is 5.80. The fourth-order valence-corrected chi connectivity index (χ4v) is 3.87. The van der Waals surface area contributed by atoms with Crippen LogP contribution in [-0.2, 0) is 4.79 Å². The van der Waals surface area contributed by atoms with E-state index in [1.165, 1.54) is 0 Å². The minimum Gasteiger partial charge on any atom is -0.345 e. The molecule has 4 rings (SSSR count). The molecule has 2 heterocycles. The number of hydrogen-bond donors (Lipinski definition) is 1. The fourth-order valence-electron chi connectivity index (χ4n) is 3.87. The third-order valence-electron chi connectivity index (χ3n) is 5.41. The van der Waals surface area contributed by atoms with Gasteiger partial charge in [-0.3, -0.25) is 4.79 Å². The zero-order valence-electron chi connectivity index (χ0n) is 16.7. The molecule has 1 atom stereocenters. The zero-order valence-corrected chi connectivity index (χ0v) is 16.7. The minimum atomic E-state index is -0.157. The molecular weight excluding hydrogens is 360 g/mol. The van der Waals surface area contributed by atoms with Crippen LogP contribution in [0.2, 0.25) is 0 Å². The van der Waals surface area contributed by atoms with Crippen molar-refractivity contribution in [2.75, 3.05) is 18.0 Å². The second-order valence-electron chi connectivity index (χ2n) is 7.55. The lowest BCUT2D eigenvalue weighted by molar-refractivity contribution is -0.125. The van der Waals surface area contributed by atoms with Gasteiger partial charge in [-0.25, -0.2) is 9.97 Å². The van der Waals surface area contributed by atoms with Crippen molar-refractivity contribution in [3.05, 3.63) is 89.7 Å². The second-order valence-corrected chi connectivity index (χ2v) is 7.55. The van der Waals surface area contributed by atoms with E-state index in [4.69, 9.17) is 0 Å². The smallest absolute Gasteiger partial charge is 0.225 e. The molecule has 1 aliphatic rings. The van der Waals surface area contributed by atoms with Gasteiger partial charge in [0.1, 0.15) is 0 Å². The highest BCUT2D eigenvalue weighted by Gasteiger charge is 2.29. The van der Waals surface area contributed by atoms with Gasteiger partial charge in [0, 0.05) is 25.0 Å². The lowest BCUT2D eigenvalue weighted by Gasteiger charge is -2.33. The van der Waals surface area contributed by atoms with Gasteiger partial charge in [-0.15, -0.1) is 0 Å². The van der Waals surface area contributed by atoms with Gasteiger partial charge in [-0.05, 0) is 37.0 Å². The van der Waals surface area contributed by atoms with Crippen LogP contribution < -0.4 is 10.2 Å². The first-order chi connectivity index (χ1) is 14.2. The van der Waals surface area contributed by atoms with Crippen LogP contribution in [0.25, 0.3) is 0 Å². The van der Waals surface area contributed by atoms with Crippen molar-refractivity contribution < 1.29 is 4.79 Å². The molecule has 0 aliphatic carbocycles. The SMILES string of the molecule is Cc1ccnc(N2CCC[C@@H](C(=O)NC(c3ccccc3)c3ccccc3)C2)n1. The number of hydrogen-bond acceptors (Lipinski definition) is 4. The van der Waals surface area contributed by atoms with E-state index < -0.39 is 0 Å². The summed E-state index contributed by atoms with van der Waals surface area (Å²) in [6.07, 6.45) is 3.61. The first-order valence-electron chi connectivity index (χ1n) is 10.2. The number of nitrogens with zero attached hydrogens (tertiary/aromatic N) is 3. The molecule has 0 spiro atoms. The molecule has 5 nitrogen and oxygen atoms in total. The van der Waals surface area contributed by atoms with E-state index in [1.54, 1.807) is 6.20 Å². The molecule has 1 aromatic heterocycles. The molecule has 29 heavy (non-hydrogen) atoms. The molecular formula is C24H26N4O. The third kappa shape index (κ3) is 4.62. The van der Waals surface area contributed by atoms with Gasteiger partial charge in [0.2, 0.25) is 11.9 Å². The maximum atomic E-state index is 13.2. The first kappa shape index (κ1) is 19.1. The molecule has 1 amide bonds. The summed E-state index contributed by atoms with van der Waals surface area (Å²) in [5.41, 5.74) is 3.11. The predicted molar refractivity (Wildman–Crippen MR) is 115 cm³/mol. The normalized spacial score (nSPS) is 16.6. The number of benzene rings is 2. The molecule has 2 aromatic carbocycles. The van der Waals surface area contributed by atoms with Crippen LogP contribution >= 0.6 is 0 Å². The summed E-state index contributed by atoms with van der Waals surface area (Å²) in [5.74, 6) is 0.716. The van der Waals surface area contributed by atoms with Crippen LogP contribution in [0.3, 0.4) is 0 Å². The summed E-state index contributed by atoms with van der Waals surface area (Å²) in [7, 11) is 0. The molecule has 0 unspecified atom stereocenters. The highest BCUT2D eigenvalue weighted by Crippen LogP contribution is 2.25. The Balaban J connectivity index is 1.51. The number of carbonyl (C=O) groups is 1. The van der Waals surface area contributed by atoms with E-state index in [1.807, 2.05) is 49.4 Å². The van der Waals surface area contributed by atoms with Gasteiger partial charge in [0.15, 0.2) is 0 Å². The van der Waals surface area contributed by atoms with Crippen LogP contribution in [0.1, 0.15) is 35.7 Å². The Morgan fingerprint density at radius 1 is 1.03 bits per heavy atom.